The molecular weight excluding hydrogens is 234 g/mol. The standard InChI is InChI=1S/C16H29N3/c1-13(2)17-12-15(14-6-4-5-7-14)8-9-16-10-11-18-19(16)3/h10-11,13-15,17H,4-9,12H2,1-3H3. The van der Waals surface area contributed by atoms with Crippen LogP contribution in [-0.4, -0.2) is 22.4 Å². The first-order valence-corrected chi connectivity index (χ1v) is 7.87. The fraction of sp³-hybridized carbons (Fsp3) is 0.812. The second-order valence-electron chi connectivity index (χ2n) is 6.35. The van der Waals surface area contributed by atoms with Crippen LogP contribution in [0.4, 0.5) is 0 Å². The van der Waals surface area contributed by atoms with Gasteiger partial charge in [-0.2, -0.15) is 5.10 Å². The van der Waals surface area contributed by atoms with Crippen LogP contribution in [0.5, 0.6) is 0 Å². The van der Waals surface area contributed by atoms with Crippen LogP contribution in [0.2, 0.25) is 0 Å². The summed E-state index contributed by atoms with van der Waals surface area (Å²) in [6.07, 6.45) is 10.1. The van der Waals surface area contributed by atoms with E-state index in [0.29, 0.717) is 6.04 Å². The summed E-state index contributed by atoms with van der Waals surface area (Å²) in [6, 6.07) is 2.75. The molecule has 1 N–H and O–H groups in total. The van der Waals surface area contributed by atoms with Gasteiger partial charge >= 0.3 is 0 Å². The molecule has 1 atom stereocenters. The van der Waals surface area contributed by atoms with E-state index in [1.54, 1.807) is 0 Å². The number of hydrogen-bond acceptors (Lipinski definition) is 2. The van der Waals surface area contributed by atoms with Gasteiger partial charge in [-0.25, -0.2) is 0 Å². The van der Waals surface area contributed by atoms with Gasteiger partial charge < -0.3 is 5.32 Å². The SMILES string of the molecule is CC(C)NCC(CCc1ccnn1C)C1CCCC1. The summed E-state index contributed by atoms with van der Waals surface area (Å²) >= 11 is 0. The van der Waals surface area contributed by atoms with Crippen molar-refractivity contribution < 1.29 is 0 Å². The van der Waals surface area contributed by atoms with Gasteiger partial charge in [0.15, 0.2) is 0 Å². The average molecular weight is 263 g/mol. The van der Waals surface area contributed by atoms with Crippen molar-refractivity contribution >= 4 is 0 Å². The highest BCUT2D eigenvalue weighted by atomic mass is 15.2. The molecule has 2 rings (SSSR count). The van der Waals surface area contributed by atoms with Gasteiger partial charge in [-0.15, -0.1) is 0 Å². The number of hydrogen-bond donors (Lipinski definition) is 1. The molecule has 1 unspecified atom stereocenters. The monoisotopic (exact) mass is 263 g/mol. The number of aromatic nitrogens is 2. The van der Waals surface area contributed by atoms with Crippen molar-refractivity contribution in [3.05, 3.63) is 18.0 Å². The van der Waals surface area contributed by atoms with E-state index in [2.05, 4.69) is 30.3 Å². The van der Waals surface area contributed by atoms with Crippen molar-refractivity contribution in [2.45, 2.75) is 58.4 Å². The lowest BCUT2D eigenvalue weighted by Gasteiger charge is -2.25. The molecule has 0 radical (unpaired) electrons. The first kappa shape index (κ1) is 14.6. The molecule has 108 valence electrons. The Balaban J connectivity index is 1.87. The van der Waals surface area contributed by atoms with E-state index in [-0.39, 0.29) is 0 Å². The largest absolute Gasteiger partial charge is 0.314 e. The highest BCUT2D eigenvalue weighted by Gasteiger charge is 2.24. The summed E-state index contributed by atoms with van der Waals surface area (Å²) in [5.41, 5.74) is 1.37. The minimum atomic E-state index is 0.598. The van der Waals surface area contributed by atoms with E-state index in [4.69, 9.17) is 0 Å². The number of nitrogens with zero attached hydrogens (tertiary/aromatic N) is 2. The summed E-state index contributed by atoms with van der Waals surface area (Å²) in [6.45, 7) is 5.67. The van der Waals surface area contributed by atoms with Crippen LogP contribution in [0.25, 0.3) is 0 Å². The van der Waals surface area contributed by atoms with Crippen LogP contribution in [0.3, 0.4) is 0 Å². The van der Waals surface area contributed by atoms with Gasteiger partial charge in [0, 0.05) is 25.0 Å². The maximum absolute atomic E-state index is 4.27. The molecule has 3 nitrogen and oxygen atoms in total. The van der Waals surface area contributed by atoms with Gasteiger partial charge in [0.05, 0.1) is 0 Å². The molecule has 1 fully saturated rings. The van der Waals surface area contributed by atoms with E-state index < -0.39 is 0 Å². The molecule has 1 saturated carbocycles. The fourth-order valence-electron chi connectivity index (χ4n) is 3.30. The van der Waals surface area contributed by atoms with E-state index in [1.807, 2.05) is 17.9 Å². The first-order valence-electron chi connectivity index (χ1n) is 7.87. The molecule has 1 heterocycles. The number of rotatable bonds is 7. The summed E-state index contributed by atoms with van der Waals surface area (Å²) < 4.78 is 2.02. The van der Waals surface area contributed by atoms with Gasteiger partial charge in [-0.05, 0) is 37.3 Å². The van der Waals surface area contributed by atoms with Crippen molar-refractivity contribution in [1.29, 1.82) is 0 Å². The van der Waals surface area contributed by atoms with E-state index in [0.717, 1.165) is 18.3 Å². The van der Waals surface area contributed by atoms with Crippen LogP contribution in [0.1, 0.15) is 51.6 Å². The lowest BCUT2D eigenvalue weighted by atomic mass is 9.86. The molecule has 0 aromatic carbocycles. The quantitative estimate of drug-likeness (QED) is 0.819. The van der Waals surface area contributed by atoms with Gasteiger partial charge in [0.25, 0.3) is 0 Å². The second kappa shape index (κ2) is 7.09. The Kier molecular flexibility index (Phi) is 5.44. The minimum Gasteiger partial charge on any atom is -0.314 e. The zero-order valence-corrected chi connectivity index (χ0v) is 12.7. The van der Waals surface area contributed by atoms with Crippen LogP contribution in [-0.2, 0) is 13.5 Å². The van der Waals surface area contributed by atoms with Gasteiger partial charge in [0.2, 0.25) is 0 Å². The summed E-state index contributed by atoms with van der Waals surface area (Å²) in [5.74, 6) is 1.78. The summed E-state index contributed by atoms with van der Waals surface area (Å²) in [7, 11) is 2.05. The Morgan fingerprint density at radius 3 is 2.68 bits per heavy atom. The van der Waals surface area contributed by atoms with Crippen LogP contribution in [0.15, 0.2) is 12.3 Å². The van der Waals surface area contributed by atoms with E-state index in [1.165, 1.54) is 44.3 Å². The van der Waals surface area contributed by atoms with Crippen molar-refractivity contribution in [2.75, 3.05) is 6.54 Å². The van der Waals surface area contributed by atoms with Crippen molar-refractivity contribution in [2.24, 2.45) is 18.9 Å². The summed E-state index contributed by atoms with van der Waals surface area (Å²) in [5, 5.41) is 7.91. The van der Waals surface area contributed by atoms with Gasteiger partial charge in [-0.3, -0.25) is 4.68 Å². The zero-order valence-electron chi connectivity index (χ0n) is 12.7. The Morgan fingerprint density at radius 1 is 1.37 bits per heavy atom. The molecule has 1 aromatic heterocycles. The molecule has 0 bridgehead atoms. The molecule has 1 aromatic rings. The molecule has 0 aliphatic heterocycles. The summed E-state index contributed by atoms with van der Waals surface area (Å²) in [4.78, 5) is 0. The smallest absolute Gasteiger partial charge is 0.0492 e. The Labute approximate surface area is 117 Å². The Morgan fingerprint density at radius 2 is 2.11 bits per heavy atom. The maximum Gasteiger partial charge on any atom is 0.0492 e. The third-order valence-electron chi connectivity index (χ3n) is 4.55. The predicted molar refractivity (Wildman–Crippen MR) is 80.1 cm³/mol. The average Bonchev–Trinajstić information content (AvgIpc) is 3.01. The zero-order chi connectivity index (χ0) is 13.7. The molecule has 0 amide bonds. The van der Waals surface area contributed by atoms with Crippen LogP contribution in [0, 0.1) is 11.8 Å². The van der Waals surface area contributed by atoms with Crippen molar-refractivity contribution in [3.63, 3.8) is 0 Å². The van der Waals surface area contributed by atoms with E-state index in [9.17, 15) is 0 Å². The molecule has 0 saturated heterocycles. The van der Waals surface area contributed by atoms with E-state index >= 15 is 0 Å². The second-order valence-corrected chi connectivity index (χ2v) is 6.35. The van der Waals surface area contributed by atoms with Crippen LogP contribution >= 0.6 is 0 Å². The first-order chi connectivity index (χ1) is 9.16. The lowest BCUT2D eigenvalue weighted by Crippen LogP contribution is -2.32. The van der Waals surface area contributed by atoms with Gasteiger partial charge in [0.1, 0.15) is 0 Å². The van der Waals surface area contributed by atoms with Crippen molar-refractivity contribution in [3.8, 4) is 0 Å². The topological polar surface area (TPSA) is 29.9 Å². The third-order valence-corrected chi connectivity index (χ3v) is 4.55. The highest BCUT2D eigenvalue weighted by Crippen LogP contribution is 2.33. The van der Waals surface area contributed by atoms with Crippen LogP contribution < -0.4 is 5.32 Å². The molecule has 19 heavy (non-hydrogen) atoms. The van der Waals surface area contributed by atoms with Gasteiger partial charge in [-0.1, -0.05) is 39.5 Å². The maximum atomic E-state index is 4.27. The highest BCUT2D eigenvalue weighted by molar-refractivity contribution is 5.00. The number of aryl methyl sites for hydroxylation is 2. The molecule has 1 aliphatic carbocycles. The molecule has 1 aliphatic rings. The Hall–Kier alpha value is -0.830. The Bertz CT molecular complexity index is 364. The lowest BCUT2D eigenvalue weighted by molar-refractivity contribution is 0.295. The molecule has 3 heteroatoms. The molecular formula is C16H29N3. The predicted octanol–water partition coefficient (Wildman–Crippen LogP) is 3.16. The fourth-order valence-corrected chi connectivity index (χ4v) is 3.30. The third kappa shape index (κ3) is 4.34. The molecule has 0 spiro atoms. The van der Waals surface area contributed by atoms with Crippen molar-refractivity contribution in [1.82, 2.24) is 15.1 Å². The normalized spacial score (nSPS) is 18.3. The minimum absolute atomic E-state index is 0.598. The number of nitrogens with one attached hydrogen (secondary N) is 1.